The SMILES string of the molecule is C/C=C\c1nc(N2CCN(c3ccc(OC)cc3)CC2)sc(=O)c1C. The van der Waals surface area contributed by atoms with Crippen LogP contribution in [0.2, 0.25) is 0 Å². The van der Waals surface area contributed by atoms with Gasteiger partial charge in [-0.3, -0.25) is 4.79 Å². The normalized spacial score (nSPS) is 15.0. The number of piperazine rings is 1. The molecule has 6 heteroatoms. The molecular weight excluding hydrogens is 334 g/mol. The summed E-state index contributed by atoms with van der Waals surface area (Å²) in [5.41, 5.74) is 2.70. The van der Waals surface area contributed by atoms with Gasteiger partial charge in [0.2, 0.25) is 4.74 Å². The Morgan fingerprint density at radius 1 is 1.12 bits per heavy atom. The van der Waals surface area contributed by atoms with E-state index in [0.717, 1.165) is 48.3 Å². The van der Waals surface area contributed by atoms with Gasteiger partial charge in [-0.25, -0.2) is 4.98 Å². The van der Waals surface area contributed by atoms with Crippen molar-refractivity contribution in [3.63, 3.8) is 0 Å². The van der Waals surface area contributed by atoms with Crippen LogP contribution in [0.3, 0.4) is 0 Å². The monoisotopic (exact) mass is 357 g/mol. The first kappa shape index (κ1) is 17.5. The molecule has 0 N–H and O–H groups in total. The Morgan fingerprint density at radius 3 is 2.36 bits per heavy atom. The molecule has 0 spiro atoms. The van der Waals surface area contributed by atoms with E-state index in [9.17, 15) is 4.79 Å². The second kappa shape index (κ2) is 7.70. The number of hydrogen-bond acceptors (Lipinski definition) is 6. The number of aromatic nitrogens is 1. The fourth-order valence-electron chi connectivity index (χ4n) is 2.88. The van der Waals surface area contributed by atoms with Crippen molar-refractivity contribution in [2.24, 2.45) is 0 Å². The van der Waals surface area contributed by atoms with Crippen molar-refractivity contribution in [3.05, 3.63) is 51.1 Å². The van der Waals surface area contributed by atoms with E-state index in [1.165, 1.54) is 17.0 Å². The number of anilines is 2. The first-order valence-electron chi connectivity index (χ1n) is 8.40. The third kappa shape index (κ3) is 3.85. The van der Waals surface area contributed by atoms with Gasteiger partial charge >= 0.3 is 0 Å². The highest BCUT2D eigenvalue weighted by Gasteiger charge is 2.20. The van der Waals surface area contributed by atoms with Crippen LogP contribution in [0.4, 0.5) is 10.8 Å². The molecule has 0 bridgehead atoms. The molecule has 25 heavy (non-hydrogen) atoms. The first-order valence-corrected chi connectivity index (χ1v) is 9.22. The fourth-order valence-corrected chi connectivity index (χ4v) is 3.76. The Labute approximate surface area is 152 Å². The summed E-state index contributed by atoms with van der Waals surface area (Å²) in [5.74, 6) is 0.868. The van der Waals surface area contributed by atoms with E-state index in [2.05, 4.69) is 26.9 Å². The molecule has 1 aromatic carbocycles. The summed E-state index contributed by atoms with van der Waals surface area (Å²) in [7, 11) is 1.68. The number of rotatable bonds is 4. The summed E-state index contributed by atoms with van der Waals surface area (Å²) in [4.78, 5) is 21.5. The molecule has 0 radical (unpaired) electrons. The van der Waals surface area contributed by atoms with Gasteiger partial charge in [-0.2, -0.15) is 0 Å². The highest BCUT2D eigenvalue weighted by Crippen LogP contribution is 2.23. The smallest absolute Gasteiger partial charge is 0.240 e. The van der Waals surface area contributed by atoms with Gasteiger partial charge in [-0.1, -0.05) is 17.4 Å². The van der Waals surface area contributed by atoms with Gasteiger partial charge in [0.1, 0.15) is 5.75 Å². The zero-order valence-corrected chi connectivity index (χ0v) is 15.7. The van der Waals surface area contributed by atoms with Crippen molar-refractivity contribution in [2.45, 2.75) is 13.8 Å². The molecule has 5 nitrogen and oxygen atoms in total. The van der Waals surface area contributed by atoms with Crippen LogP contribution in [0.15, 0.2) is 35.1 Å². The lowest BCUT2D eigenvalue weighted by Gasteiger charge is -2.36. The Bertz CT molecular complexity index is 806. The summed E-state index contributed by atoms with van der Waals surface area (Å²) in [5, 5.41) is 0.818. The van der Waals surface area contributed by atoms with Crippen molar-refractivity contribution in [2.75, 3.05) is 43.1 Å². The molecule has 1 aromatic heterocycles. The average Bonchev–Trinajstić information content (AvgIpc) is 2.65. The van der Waals surface area contributed by atoms with E-state index in [1.807, 2.05) is 38.1 Å². The molecule has 1 fully saturated rings. The van der Waals surface area contributed by atoms with Crippen LogP contribution in [0.25, 0.3) is 6.08 Å². The van der Waals surface area contributed by atoms with Gasteiger partial charge in [0.15, 0.2) is 5.13 Å². The number of hydrogen-bond donors (Lipinski definition) is 0. The lowest BCUT2D eigenvalue weighted by atomic mass is 10.2. The molecule has 1 aliphatic rings. The van der Waals surface area contributed by atoms with Crippen LogP contribution in [0.5, 0.6) is 5.75 Å². The largest absolute Gasteiger partial charge is 0.497 e. The maximum Gasteiger partial charge on any atom is 0.240 e. The van der Waals surface area contributed by atoms with Crippen LogP contribution in [-0.2, 0) is 0 Å². The molecule has 2 aromatic rings. The second-order valence-electron chi connectivity index (χ2n) is 5.97. The fraction of sp³-hybridized carbons (Fsp3) is 0.368. The zero-order chi connectivity index (χ0) is 17.8. The second-order valence-corrected chi connectivity index (χ2v) is 6.91. The maximum absolute atomic E-state index is 12.2. The summed E-state index contributed by atoms with van der Waals surface area (Å²) in [6, 6.07) is 8.14. The number of ether oxygens (including phenoxy) is 1. The molecule has 1 saturated heterocycles. The van der Waals surface area contributed by atoms with Gasteiger partial charge in [-0.05, 0) is 44.2 Å². The minimum absolute atomic E-state index is 0.0932. The molecular formula is C19H23N3O2S. The van der Waals surface area contributed by atoms with E-state index in [0.29, 0.717) is 0 Å². The molecule has 0 aliphatic carbocycles. The Kier molecular flexibility index (Phi) is 5.38. The predicted octanol–water partition coefficient (Wildman–Crippen LogP) is 3.18. The Balaban J connectivity index is 1.72. The maximum atomic E-state index is 12.2. The topological polar surface area (TPSA) is 45.7 Å². The summed E-state index contributed by atoms with van der Waals surface area (Å²) in [6.45, 7) is 7.30. The van der Waals surface area contributed by atoms with Gasteiger partial charge in [0, 0.05) is 37.4 Å². The standard InChI is InChI=1S/C19H23N3O2S/c1-4-5-17-14(2)18(23)25-19(20-17)22-12-10-21(11-13-22)15-6-8-16(24-3)9-7-15/h4-9H,10-13H2,1-3H3/b5-4-. The van der Waals surface area contributed by atoms with Gasteiger partial charge in [0.05, 0.1) is 12.8 Å². The number of methoxy groups -OCH3 is 1. The molecule has 0 amide bonds. The summed E-state index contributed by atoms with van der Waals surface area (Å²) >= 11 is 1.24. The minimum atomic E-state index is 0.0932. The van der Waals surface area contributed by atoms with Crippen LogP contribution in [0.1, 0.15) is 18.2 Å². The Hall–Kier alpha value is -2.34. The van der Waals surface area contributed by atoms with Crippen LogP contribution < -0.4 is 19.3 Å². The zero-order valence-electron chi connectivity index (χ0n) is 14.9. The molecule has 1 aliphatic heterocycles. The van der Waals surface area contributed by atoms with E-state index in [1.54, 1.807) is 7.11 Å². The minimum Gasteiger partial charge on any atom is -0.497 e. The molecule has 0 atom stereocenters. The summed E-state index contributed by atoms with van der Waals surface area (Å²) in [6.07, 6.45) is 3.82. The van der Waals surface area contributed by atoms with Crippen LogP contribution >= 0.6 is 11.3 Å². The van der Waals surface area contributed by atoms with E-state index in [4.69, 9.17) is 4.74 Å². The van der Waals surface area contributed by atoms with E-state index < -0.39 is 0 Å². The van der Waals surface area contributed by atoms with Crippen molar-refractivity contribution >= 4 is 28.2 Å². The van der Waals surface area contributed by atoms with Crippen molar-refractivity contribution in [3.8, 4) is 5.75 Å². The van der Waals surface area contributed by atoms with Crippen molar-refractivity contribution < 1.29 is 4.74 Å². The van der Waals surface area contributed by atoms with Crippen LogP contribution in [-0.4, -0.2) is 38.3 Å². The lowest BCUT2D eigenvalue weighted by molar-refractivity contribution is 0.415. The molecule has 3 rings (SSSR count). The average molecular weight is 357 g/mol. The number of allylic oxidation sites excluding steroid dienone is 1. The lowest BCUT2D eigenvalue weighted by Crippen LogP contribution is -2.46. The van der Waals surface area contributed by atoms with Gasteiger partial charge in [-0.15, -0.1) is 0 Å². The van der Waals surface area contributed by atoms with Crippen molar-refractivity contribution in [1.82, 2.24) is 4.98 Å². The quantitative estimate of drug-likeness (QED) is 0.841. The first-order chi connectivity index (χ1) is 12.1. The predicted molar refractivity (Wildman–Crippen MR) is 105 cm³/mol. The molecule has 0 saturated carbocycles. The number of benzene rings is 1. The molecule has 2 heterocycles. The van der Waals surface area contributed by atoms with Gasteiger partial charge < -0.3 is 14.5 Å². The highest BCUT2D eigenvalue weighted by atomic mass is 32.1. The van der Waals surface area contributed by atoms with Crippen molar-refractivity contribution in [1.29, 1.82) is 0 Å². The summed E-state index contributed by atoms with van der Waals surface area (Å²) < 4.78 is 5.31. The van der Waals surface area contributed by atoms with E-state index >= 15 is 0 Å². The molecule has 0 unspecified atom stereocenters. The third-order valence-corrected chi connectivity index (χ3v) is 5.43. The Morgan fingerprint density at radius 2 is 1.76 bits per heavy atom. The molecule has 132 valence electrons. The van der Waals surface area contributed by atoms with Crippen LogP contribution in [0, 0.1) is 6.92 Å². The third-order valence-electron chi connectivity index (χ3n) is 4.40. The van der Waals surface area contributed by atoms with E-state index in [-0.39, 0.29) is 4.74 Å². The van der Waals surface area contributed by atoms with Gasteiger partial charge in [0.25, 0.3) is 0 Å². The highest BCUT2D eigenvalue weighted by molar-refractivity contribution is 7.13. The number of nitrogens with zero attached hydrogens (tertiary/aromatic N) is 3.